The molecule has 176 valence electrons. The number of pyridine rings is 4. The van der Waals surface area contributed by atoms with Crippen LogP contribution in [0.4, 0.5) is 5.69 Å². The highest BCUT2D eigenvalue weighted by molar-refractivity contribution is 6.01. The summed E-state index contributed by atoms with van der Waals surface area (Å²) in [5.74, 6) is 0.321. The number of nitrogens with one attached hydrogen (secondary N) is 3. The summed E-state index contributed by atoms with van der Waals surface area (Å²) in [4.78, 5) is 21.1. The highest BCUT2D eigenvalue weighted by Crippen LogP contribution is 2.34. The summed E-state index contributed by atoms with van der Waals surface area (Å²) < 4.78 is 0. The Bertz CT molecular complexity index is 1710. The van der Waals surface area contributed by atoms with Gasteiger partial charge in [-0.25, -0.2) is 0 Å². The van der Waals surface area contributed by atoms with Crippen molar-refractivity contribution >= 4 is 27.5 Å². The number of allylic oxidation sites excluding steroid dienone is 1. The van der Waals surface area contributed by atoms with Gasteiger partial charge < -0.3 is 10.3 Å². The largest absolute Gasteiger partial charge is 0.358 e. The lowest BCUT2D eigenvalue weighted by atomic mass is 10.1. The third kappa shape index (κ3) is 3.88. The molecule has 0 aliphatic rings. The van der Waals surface area contributed by atoms with Gasteiger partial charge in [0.15, 0.2) is 0 Å². The Morgan fingerprint density at radius 1 is 0.861 bits per heavy atom. The van der Waals surface area contributed by atoms with Crippen LogP contribution in [0.5, 0.6) is 0 Å². The molecule has 0 fully saturated rings. The van der Waals surface area contributed by atoms with E-state index in [9.17, 15) is 0 Å². The summed E-state index contributed by atoms with van der Waals surface area (Å²) in [6, 6.07) is 10.2. The van der Waals surface area contributed by atoms with Crippen LogP contribution < -0.4 is 5.32 Å². The van der Waals surface area contributed by atoms with Crippen LogP contribution in [0.3, 0.4) is 0 Å². The molecule has 0 aliphatic carbocycles. The summed E-state index contributed by atoms with van der Waals surface area (Å²) >= 11 is 0. The van der Waals surface area contributed by atoms with Crippen molar-refractivity contribution in [3.8, 4) is 33.8 Å². The molecule has 0 spiro atoms. The molecule has 6 rings (SSSR count). The summed E-state index contributed by atoms with van der Waals surface area (Å²) in [5, 5.41) is 13.1. The number of rotatable bonds is 6. The van der Waals surface area contributed by atoms with Gasteiger partial charge >= 0.3 is 0 Å². The van der Waals surface area contributed by atoms with Crippen molar-refractivity contribution in [1.29, 1.82) is 0 Å². The van der Waals surface area contributed by atoms with E-state index in [0.29, 0.717) is 5.92 Å². The standard InChI is InChI=1S/C28H24N8/c1-16(2)17(3)33-20-8-19(11-30-12-20)24-10-22-27(15-32-24)35-36-28(22)25-9-21-23(13-31-14-26(21)34-25)18-4-6-29-7-5-18/h4-16,33-34H,3H2,1-2H3,(H,35,36). The summed E-state index contributed by atoms with van der Waals surface area (Å²) in [5.41, 5.74) is 9.17. The molecule has 0 radical (unpaired) electrons. The minimum Gasteiger partial charge on any atom is -0.358 e. The zero-order chi connectivity index (χ0) is 24.6. The predicted octanol–water partition coefficient (Wildman–Crippen LogP) is 6.21. The average Bonchev–Trinajstić information content (AvgIpc) is 3.53. The molecule has 8 nitrogen and oxygen atoms in total. The van der Waals surface area contributed by atoms with Crippen molar-refractivity contribution in [2.75, 3.05) is 5.32 Å². The Hall–Kier alpha value is -4.85. The first-order valence-corrected chi connectivity index (χ1v) is 11.7. The molecule has 6 aromatic heterocycles. The molecule has 8 heteroatoms. The Kier molecular flexibility index (Phi) is 5.26. The predicted molar refractivity (Wildman–Crippen MR) is 143 cm³/mol. The molecular weight excluding hydrogens is 448 g/mol. The molecular formula is C28H24N8. The van der Waals surface area contributed by atoms with Crippen LogP contribution in [-0.4, -0.2) is 35.1 Å². The number of hydrogen-bond donors (Lipinski definition) is 3. The first-order chi connectivity index (χ1) is 17.6. The van der Waals surface area contributed by atoms with Gasteiger partial charge in [0.1, 0.15) is 5.69 Å². The summed E-state index contributed by atoms with van der Waals surface area (Å²) in [6.45, 7) is 8.30. The van der Waals surface area contributed by atoms with Crippen molar-refractivity contribution in [3.05, 3.63) is 86.0 Å². The number of H-pyrrole nitrogens is 2. The van der Waals surface area contributed by atoms with Crippen LogP contribution in [0.1, 0.15) is 13.8 Å². The molecule has 3 N–H and O–H groups in total. The molecule has 0 aliphatic heterocycles. The Balaban J connectivity index is 1.41. The Labute approximate surface area is 207 Å². The van der Waals surface area contributed by atoms with Crippen LogP contribution in [0.2, 0.25) is 0 Å². The van der Waals surface area contributed by atoms with Crippen molar-refractivity contribution in [2.45, 2.75) is 13.8 Å². The molecule has 36 heavy (non-hydrogen) atoms. The molecule has 0 saturated heterocycles. The lowest BCUT2D eigenvalue weighted by Gasteiger charge is -2.13. The topological polar surface area (TPSA) is 108 Å². The minimum atomic E-state index is 0.321. The zero-order valence-electron chi connectivity index (χ0n) is 19.9. The fourth-order valence-corrected chi connectivity index (χ4v) is 4.20. The van der Waals surface area contributed by atoms with Gasteiger partial charge in [-0.05, 0) is 41.8 Å². The quantitative estimate of drug-likeness (QED) is 0.266. The molecule has 6 heterocycles. The third-order valence-electron chi connectivity index (χ3n) is 6.28. The van der Waals surface area contributed by atoms with Gasteiger partial charge in [-0.1, -0.05) is 20.4 Å². The second-order valence-corrected chi connectivity index (χ2v) is 9.02. The van der Waals surface area contributed by atoms with Crippen molar-refractivity contribution in [1.82, 2.24) is 35.1 Å². The Morgan fingerprint density at radius 3 is 2.53 bits per heavy atom. The van der Waals surface area contributed by atoms with Gasteiger partial charge in [0.25, 0.3) is 0 Å². The maximum Gasteiger partial charge on any atom is 0.116 e. The number of aromatic nitrogens is 7. The lowest BCUT2D eigenvalue weighted by Crippen LogP contribution is -2.04. The molecule has 0 saturated carbocycles. The van der Waals surface area contributed by atoms with Crippen LogP contribution in [-0.2, 0) is 0 Å². The molecule has 0 bridgehead atoms. The highest BCUT2D eigenvalue weighted by Gasteiger charge is 2.15. The molecule has 0 atom stereocenters. The number of anilines is 1. The fourth-order valence-electron chi connectivity index (χ4n) is 4.20. The van der Waals surface area contributed by atoms with Gasteiger partial charge in [-0.2, -0.15) is 5.10 Å². The minimum absolute atomic E-state index is 0.321. The maximum atomic E-state index is 4.65. The SMILES string of the molecule is C=C(Nc1cncc(-c2cc3c(-c4cc5c(-c6ccncc6)cncc5[nH]4)n[nH]c3cn2)c1)C(C)C. The Morgan fingerprint density at radius 2 is 1.69 bits per heavy atom. The van der Waals surface area contributed by atoms with E-state index in [1.54, 1.807) is 24.8 Å². The van der Waals surface area contributed by atoms with Gasteiger partial charge in [-0.15, -0.1) is 0 Å². The summed E-state index contributed by atoms with van der Waals surface area (Å²) in [6.07, 6.45) is 12.7. The molecule has 0 unspecified atom stereocenters. The number of aromatic amines is 2. The van der Waals surface area contributed by atoms with Gasteiger partial charge in [0, 0.05) is 52.4 Å². The maximum absolute atomic E-state index is 4.65. The van der Waals surface area contributed by atoms with Crippen molar-refractivity contribution < 1.29 is 0 Å². The van der Waals surface area contributed by atoms with E-state index in [2.05, 4.69) is 66.9 Å². The van der Waals surface area contributed by atoms with Crippen LogP contribution in [0.15, 0.2) is 86.0 Å². The third-order valence-corrected chi connectivity index (χ3v) is 6.28. The highest BCUT2D eigenvalue weighted by atomic mass is 15.1. The molecule has 6 aromatic rings. The van der Waals surface area contributed by atoms with Crippen LogP contribution in [0, 0.1) is 5.92 Å². The fraction of sp³-hybridized carbons (Fsp3) is 0.107. The average molecular weight is 473 g/mol. The van der Waals surface area contributed by atoms with E-state index in [4.69, 9.17) is 0 Å². The van der Waals surface area contributed by atoms with Crippen LogP contribution in [0.25, 0.3) is 55.6 Å². The number of nitrogens with zero attached hydrogens (tertiary/aromatic N) is 5. The molecule has 0 amide bonds. The monoisotopic (exact) mass is 472 g/mol. The normalized spacial score (nSPS) is 11.4. The number of fused-ring (bicyclic) bond motifs is 2. The lowest BCUT2D eigenvalue weighted by molar-refractivity contribution is 0.778. The van der Waals surface area contributed by atoms with E-state index >= 15 is 0 Å². The van der Waals surface area contributed by atoms with Crippen molar-refractivity contribution in [3.63, 3.8) is 0 Å². The van der Waals surface area contributed by atoms with E-state index in [1.165, 1.54) is 0 Å². The first kappa shape index (κ1) is 21.7. The number of hydrogen-bond acceptors (Lipinski definition) is 6. The summed E-state index contributed by atoms with van der Waals surface area (Å²) in [7, 11) is 0. The smallest absolute Gasteiger partial charge is 0.116 e. The van der Waals surface area contributed by atoms with E-state index < -0.39 is 0 Å². The van der Waals surface area contributed by atoms with Gasteiger partial charge in [0.05, 0.1) is 46.7 Å². The zero-order valence-corrected chi connectivity index (χ0v) is 19.9. The van der Waals surface area contributed by atoms with E-state index in [0.717, 1.165) is 67.0 Å². The first-order valence-electron chi connectivity index (χ1n) is 11.7. The van der Waals surface area contributed by atoms with E-state index in [1.807, 2.05) is 42.9 Å². The van der Waals surface area contributed by atoms with Crippen LogP contribution >= 0.6 is 0 Å². The second-order valence-electron chi connectivity index (χ2n) is 9.02. The van der Waals surface area contributed by atoms with Crippen molar-refractivity contribution in [2.24, 2.45) is 5.92 Å². The van der Waals surface area contributed by atoms with Gasteiger partial charge in [-0.3, -0.25) is 25.0 Å². The van der Waals surface area contributed by atoms with E-state index in [-0.39, 0.29) is 0 Å². The van der Waals surface area contributed by atoms with Gasteiger partial charge in [0.2, 0.25) is 0 Å². The second kappa shape index (κ2) is 8.74. The molecule has 0 aromatic carbocycles.